The van der Waals surface area contributed by atoms with Crippen LogP contribution in [0.2, 0.25) is 0 Å². The first-order chi connectivity index (χ1) is 9.30. The van der Waals surface area contributed by atoms with Gasteiger partial charge in [0.15, 0.2) is 0 Å². The van der Waals surface area contributed by atoms with Crippen LogP contribution in [0.15, 0.2) is 12.3 Å². The summed E-state index contributed by atoms with van der Waals surface area (Å²) in [7, 11) is 0. The van der Waals surface area contributed by atoms with E-state index in [2.05, 4.69) is 4.98 Å². The van der Waals surface area contributed by atoms with Crippen molar-refractivity contribution in [2.45, 2.75) is 12.2 Å². The molecule has 20 heavy (non-hydrogen) atoms. The van der Waals surface area contributed by atoms with Crippen molar-refractivity contribution in [3.05, 3.63) is 18.0 Å². The number of anilines is 2. The number of nitrogens with two attached hydrogens (primary N) is 2. The van der Waals surface area contributed by atoms with Crippen molar-refractivity contribution in [3.63, 3.8) is 0 Å². The number of morpholine rings is 1. The highest BCUT2D eigenvalue weighted by Gasteiger charge is 2.35. The van der Waals surface area contributed by atoms with Crippen molar-refractivity contribution in [2.24, 2.45) is 5.73 Å². The molecule has 1 aromatic rings. The molecule has 0 saturated carbocycles. The molecule has 110 valence electrons. The predicted octanol–water partition coefficient (Wildman–Crippen LogP) is 0.373. The Morgan fingerprint density at radius 1 is 1.50 bits per heavy atom. The molecule has 6 nitrogen and oxygen atoms in total. The van der Waals surface area contributed by atoms with Crippen LogP contribution >= 0.6 is 0 Å². The molecule has 1 unspecified atom stereocenters. The molecule has 1 saturated heterocycles. The summed E-state index contributed by atoms with van der Waals surface area (Å²) in [6.45, 7) is 0.504. The van der Waals surface area contributed by atoms with Crippen LogP contribution in [0.4, 0.5) is 24.5 Å². The minimum atomic E-state index is -4.59. The van der Waals surface area contributed by atoms with E-state index in [0.29, 0.717) is 0 Å². The van der Waals surface area contributed by atoms with E-state index < -0.39 is 23.8 Å². The first kappa shape index (κ1) is 14.4. The molecule has 1 aliphatic heterocycles. The van der Waals surface area contributed by atoms with Gasteiger partial charge in [0.25, 0.3) is 0 Å². The molecular formula is C11H13F3N4O2. The van der Waals surface area contributed by atoms with E-state index in [-0.39, 0.29) is 31.1 Å². The third-order valence-electron chi connectivity index (χ3n) is 2.97. The number of nitrogen functional groups attached to an aromatic ring is 1. The van der Waals surface area contributed by atoms with Gasteiger partial charge >= 0.3 is 6.18 Å². The van der Waals surface area contributed by atoms with Crippen molar-refractivity contribution in [3.8, 4) is 0 Å². The molecule has 0 bridgehead atoms. The number of alkyl halides is 3. The number of aromatic nitrogens is 1. The van der Waals surface area contributed by atoms with Gasteiger partial charge < -0.3 is 21.1 Å². The van der Waals surface area contributed by atoms with Crippen LogP contribution in [0.3, 0.4) is 0 Å². The number of ether oxygens (including phenoxy) is 1. The second-order valence-electron chi connectivity index (χ2n) is 4.31. The standard InChI is InChI=1S/C11H13F3N4O2/c12-11(13,14)9-3-7(6(15)4-17-9)18-1-2-20-5-8(18)10(16)19/h3-4,8H,1-2,5,15H2,(H2,16,19). The van der Waals surface area contributed by atoms with Crippen LogP contribution < -0.4 is 16.4 Å². The van der Waals surface area contributed by atoms with Crippen molar-refractivity contribution in [1.82, 2.24) is 4.98 Å². The fourth-order valence-corrected chi connectivity index (χ4v) is 1.99. The Hall–Kier alpha value is -2.03. The van der Waals surface area contributed by atoms with E-state index in [1.165, 1.54) is 4.90 Å². The quantitative estimate of drug-likeness (QED) is 0.820. The molecular weight excluding hydrogens is 277 g/mol. The maximum atomic E-state index is 12.7. The van der Waals surface area contributed by atoms with E-state index in [4.69, 9.17) is 16.2 Å². The SMILES string of the molecule is NC(=O)C1COCCN1c1cc(C(F)(F)F)ncc1N. The average Bonchev–Trinajstić information content (AvgIpc) is 2.38. The summed E-state index contributed by atoms with van der Waals surface area (Å²) in [6, 6.07) is -0.0362. The van der Waals surface area contributed by atoms with Gasteiger partial charge in [-0.25, -0.2) is 4.98 Å². The number of carbonyl (C=O) groups is 1. The maximum Gasteiger partial charge on any atom is 0.433 e. The normalized spacial score (nSPS) is 19.9. The van der Waals surface area contributed by atoms with E-state index in [0.717, 1.165) is 12.3 Å². The van der Waals surface area contributed by atoms with Gasteiger partial charge in [0.2, 0.25) is 5.91 Å². The summed E-state index contributed by atoms with van der Waals surface area (Å²) in [5.74, 6) is -0.686. The van der Waals surface area contributed by atoms with E-state index >= 15 is 0 Å². The summed E-state index contributed by atoms with van der Waals surface area (Å²) in [6.07, 6.45) is -3.66. The molecule has 2 heterocycles. The highest BCUT2D eigenvalue weighted by atomic mass is 19.4. The van der Waals surface area contributed by atoms with Crippen LogP contribution in [0.1, 0.15) is 5.69 Å². The Morgan fingerprint density at radius 2 is 2.20 bits per heavy atom. The van der Waals surface area contributed by atoms with E-state index in [1.54, 1.807) is 0 Å². The molecule has 0 radical (unpaired) electrons. The summed E-state index contributed by atoms with van der Waals surface area (Å²) in [5, 5.41) is 0. The Labute approximate surface area is 112 Å². The van der Waals surface area contributed by atoms with Gasteiger partial charge in [-0.1, -0.05) is 0 Å². The van der Waals surface area contributed by atoms with Gasteiger partial charge in [-0.2, -0.15) is 13.2 Å². The van der Waals surface area contributed by atoms with Gasteiger partial charge in [-0.15, -0.1) is 0 Å². The van der Waals surface area contributed by atoms with Gasteiger partial charge in [0.1, 0.15) is 11.7 Å². The first-order valence-corrected chi connectivity index (χ1v) is 5.77. The molecule has 1 aromatic heterocycles. The third kappa shape index (κ3) is 2.77. The Morgan fingerprint density at radius 3 is 2.80 bits per heavy atom. The van der Waals surface area contributed by atoms with Gasteiger partial charge in [0.05, 0.1) is 30.8 Å². The number of primary amides is 1. The van der Waals surface area contributed by atoms with Crippen molar-refractivity contribution >= 4 is 17.3 Å². The van der Waals surface area contributed by atoms with Crippen LogP contribution in [0.25, 0.3) is 0 Å². The fraction of sp³-hybridized carbons (Fsp3) is 0.455. The number of halogens is 3. The van der Waals surface area contributed by atoms with E-state index in [1.807, 2.05) is 0 Å². The van der Waals surface area contributed by atoms with Gasteiger partial charge in [0, 0.05) is 6.54 Å². The smallest absolute Gasteiger partial charge is 0.396 e. The first-order valence-electron chi connectivity index (χ1n) is 5.77. The Balaban J connectivity index is 2.42. The second-order valence-corrected chi connectivity index (χ2v) is 4.31. The minimum Gasteiger partial charge on any atom is -0.396 e. The lowest BCUT2D eigenvalue weighted by atomic mass is 10.1. The summed E-state index contributed by atoms with van der Waals surface area (Å²) in [4.78, 5) is 16.0. The molecule has 1 atom stereocenters. The van der Waals surface area contributed by atoms with Crippen LogP contribution in [-0.4, -0.2) is 36.7 Å². The molecule has 0 spiro atoms. The average molecular weight is 290 g/mol. The molecule has 1 fully saturated rings. The number of pyridine rings is 1. The second kappa shape index (κ2) is 5.16. The number of amides is 1. The largest absolute Gasteiger partial charge is 0.433 e. The Bertz CT molecular complexity index is 521. The topological polar surface area (TPSA) is 94.5 Å². The molecule has 4 N–H and O–H groups in total. The van der Waals surface area contributed by atoms with Crippen molar-refractivity contribution in [1.29, 1.82) is 0 Å². The van der Waals surface area contributed by atoms with Crippen molar-refractivity contribution in [2.75, 3.05) is 30.4 Å². The van der Waals surface area contributed by atoms with Gasteiger partial charge in [-0.3, -0.25) is 4.79 Å². The third-order valence-corrected chi connectivity index (χ3v) is 2.97. The maximum absolute atomic E-state index is 12.7. The Kier molecular flexibility index (Phi) is 3.71. The molecule has 9 heteroatoms. The summed E-state index contributed by atoms with van der Waals surface area (Å²) >= 11 is 0. The minimum absolute atomic E-state index is 0.0123. The zero-order chi connectivity index (χ0) is 14.9. The molecule has 0 aromatic carbocycles. The van der Waals surface area contributed by atoms with Crippen LogP contribution in [0.5, 0.6) is 0 Å². The number of rotatable bonds is 2. The lowest BCUT2D eigenvalue weighted by Gasteiger charge is -2.36. The fourth-order valence-electron chi connectivity index (χ4n) is 1.99. The molecule has 2 rings (SSSR count). The highest BCUT2D eigenvalue weighted by Crippen LogP contribution is 2.33. The van der Waals surface area contributed by atoms with Crippen LogP contribution in [0, 0.1) is 0 Å². The number of nitrogens with zero attached hydrogens (tertiary/aromatic N) is 2. The number of carbonyl (C=O) groups excluding carboxylic acids is 1. The lowest BCUT2D eigenvalue weighted by Crippen LogP contribution is -2.52. The van der Waals surface area contributed by atoms with Crippen LogP contribution in [-0.2, 0) is 15.7 Å². The molecule has 1 aliphatic rings. The highest BCUT2D eigenvalue weighted by molar-refractivity contribution is 5.85. The molecule has 0 aliphatic carbocycles. The van der Waals surface area contributed by atoms with Gasteiger partial charge in [-0.05, 0) is 6.07 Å². The lowest BCUT2D eigenvalue weighted by molar-refractivity contribution is -0.141. The predicted molar refractivity (Wildman–Crippen MR) is 64.8 cm³/mol. The number of hydrogen-bond donors (Lipinski definition) is 2. The zero-order valence-electron chi connectivity index (χ0n) is 10.4. The van der Waals surface area contributed by atoms with E-state index in [9.17, 15) is 18.0 Å². The van der Waals surface area contributed by atoms with Crippen molar-refractivity contribution < 1.29 is 22.7 Å². The monoisotopic (exact) mass is 290 g/mol. The molecule has 1 amide bonds. The summed E-state index contributed by atoms with van der Waals surface area (Å²) in [5.41, 5.74) is 9.95. The summed E-state index contributed by atoms with van der Waals surface area (Å²) < 4.78 is 43.2. The number of hydrogen-bond acceptors (Lipinski definition) is 5. The zero-order valence-corrected chi connectivity index (χ0v) is 10.4.